The van der Waals surface area contributed by atoms with Crippen LogP contribution < -0.4 is 16.0 Å². The van der Waals surface area contributed by atoms with Crippen LogP contribution in [0.5, 0.6) is 0 Å². The summed E-state index contributed by atoms with van der Waals surface area (Å²) in [6.07, 6.45) is -3.71. The Kier molecular flexibility index (Phi) is 11.9. The first-order valence-corrected chi connectivity index (χ1v) is 14.8. The standard InChI is InChI=1S/C30H32F3N7O3S/c31-30(32,33)24(41)19-34-18-22-10-6-9-21(15-22)17-27(43)36-29-40-39-28(44-29)12-5-4-11-23-13-14-25(38-37-23)35-26(42)16-20-7-2-1-3-8-20/h1-3,6-10,13-15,24,34,41H,4-5,11-12,16-19H2,(H,35,38,42)(H,36,40,43). The predicted octanol–water partition coefficient (Wildman–Crippen LogP) is 4.27. The minimum absolute atomic E-state index is 0.0600. The average molecular weight is 628 g/mol. The van der Waals surface area contributed by atoms with E-state index in [0.717, 1.165) is 29.1 Å². The normalized spacial score (nSPS) is 12.1. The van der Waals surface area contributed by atoms with Crippen molar-refractivity contribution in [3.63, 3.8) is 0 Å². The van der Waals surface area contributed by atoms with Crippen molar-refractivity contribution in [2.45, 2.75) is 57.3 Å². The molecule has 0 radical (unpaired) electrons. The number of aliphatic hydroxyl groups excluding tert-OH is 1. The number of carbonyl (C=O) groups excluding carboxylic acids is 2. The number of halogens is 3. The molecule has 0 fully saturated rings. The smallest absolute Gasteiger partial charge is 0.382 e. The van der Waals surface area contributed by atoms with Crippen LogP contribution in [0.4, 0.5) is 24.1 Å². The van der Waals surface area contributed by atoms with Crippen LogP contribution in [0.15, 0.2) is 66.7 Å². The van der Waals surface area contributed by atoms with Gasteiger partial charge in [0.15, 0.2) is 11.9 Å². The van der Waals surface area contributed by atoms with Gasteiger partial charge < -0.3 is 21.1 Å². The molecule has 0 saturated carbocycles. The zero-order valence-corrected chi connectivity index (χ0v) is 24.5. The third-order valence-electron chi connectivity index (χ3n) is 6.38. The molecule has 10 nitrogen and oxygen atoms in total. The van der Waals surface area contributed by atoms with Gasteiger partial charge >= 0.3 is 6.18 Å². The van der Waals surface area contributed by atoms with Gasteiger partial charge in [-0.3, -0.25) is 9.59 Å². The molecular weight excluding hydrogens is 595 g/mol. The third-order valence-corrected chi connectivity index (χ3v) is 7.28. The van der Waals surface area contributed by atoms with Crippen molar-refractivity contribution in [1.82, 2.24) is 25.7 Å². The second-order valence-electron chi connectivity index (χ2n) is 10.1. The van der Waals surface area contributed by atoms with Crippen LogP contribution in [-0.4, -0.2) is 56.1 Å². The Bertz CT molecular complexity index is 1500. The maximum absolute atomic E-state index is 12.5. The summed E-state index contributed by atoms with van der Waals surface area (Å²) < 4.78 is 37.3. The number of unbranched alkanes of at least 4 members (excludes halogenated alkanes) is 1. The molecule has 1 atom stereocenters. The van der Waals surface area contributed by atoms with E-state index in [-0.39, 0.29) is 31.2 Å². The Balaban J connectivity index is 1.13. The molecule has 0 aliphatic carbocycles. The van der Waals surface area contributed by atoms with Gasteiger partial charge in [-0.15, -0.1) is 15.3 Å². The number of nitrogens with zero attached hydrogens (tertiary/aromatic N) is 4. The van der Waals surface area contributed by atoms with Gasteiger partial charge in [-0.2, -0.15) is 18.3 Å². The Morgan fingerprint density at radius 1 is 0.795 bits per heavy atom. The van der Waals surface area contributed by atoms with Crippen LogP contribution in [0.1, 0.15) is 40.2 Å². The van der Waals surface area contributed by atoms with E-state index >= 15 is 0 Å². The number of benzene rings is 2. The van der Waals surface area contributed by atoms with Crippen molar-refractivity contribution in [2.24, 2.45) is 0 Å². The van der Waals surface area contributed by atoms with Crippen molar-refractivity contribution in [3.8, 4) is 0 Å². The first kappa shape index (κ1) is 32.6. The summed E-state index contributed by atoms with van der Waals surface area (Å²) in [5.74, 6) is -0.0387. The minimum atomic E-state index is -4.68. The van der Waals surface area contributed by atoms with Crippen LogP contribution in [0.2, 0.25) is 0 Å². The third kappa shape index (κ3) is 11.1. The molecular formula is C30H32F3N7O3S. The fourth-order valence-corrected chi connectivity index (χ4v) is 4.98. The summed E-state index contributed by atoms with van der Waals surface area (Å²) >= 11 is 1.30. The number of aromatic nitrogens is 4. The number of amides is 2. The first-order valence-electron chi connectivity index (χ1n) is 14.0. The lowest BCUT2D eigenvalue weighted by molar-refractivity contribution is -0.201. The van der Waals surface area contributed by atoms with Crippen molar-refractivity contribution in [2.75, 3.05) is 17.2 Å². The van der Waals surface area contributed by atoms with E-state index in [1.54, 1.807) is 30.3 Å². The molecule has 1 unspecified atom stereocenters. The molecule has 0 saturated heterocycles. The molecule has 2 heterocycles. The lowest BCUT2D eigenvalue weighted by Gasteiger charge is -2.15. The van der Waals surface area contributed by atoms with E-state index in [9.17, 15) is 22.8 Å². The molecule has 2 aromatic carbocycles. The summed E-state index contributed by atoms with van der Waals surface area (Å²) in [7, 11) is 0. The van der Waals surface area contributed by atoms with Gasteiger partial charge in [0.1, 0.15) is 5.01 Å². The highest BCUT2D eigenvalue weighted by Gasteiger charge is 2.37. The summed E-state index contributed by atoms with van der Waals surface area (Å²) in [4.78, 5) is 24.7. The Morgan fingerprint density at radius 3 is 2.25 bits per heavy atom. The second-order valence-corrected chi connectivity index (χ2v) is 11.1. The van der Waals surface area contributed by atoms with E-state index in [2.05, 4.69) is 36.3 Å². The monoisotopic (exact) mass is 627 g/mol. The predicted molar refractivity (Wildman–Crippen MR) is 160 cm³/mol. The van der Waals surface area contributed by atoms with Crippen LogP contribution in [-0.2, 0) is 41.8 Å². The molecule has 0 aliphatic rings. The number of anilines is 2. The fraction of sp³-hybridized carbons (Fsp3) is 0.333. The van der Waals surface area contributed by atoms with Crippen molar-refractivity contribution >= 4 is 34.1 Å². The number of aryl methyl sites for hydroxylation is 2. The van der Waals surface area contributed by atoms with Crippen LogP contribution >= 0.6 is 11.3 Å². The van der Waals surface area contributed by atoms with E-state index in [4.69, 9.17) is 5.11 Å². The van der Waals surface area contributed by atoms with Crippen molar-refractivity contribution in [3.05, 3.63) is 94.1 Å². The SMILES string of the molecule is O=C(Cc1ccccc1)Nc1ccc(CCCCc2nnc(NC(=O)Cc3cccc(CNCC(O)C(F)(F)F)c3)s2)nn1. The van der Waals surface area contributed by atoms with Gasteiger partial charge in [-0.1, -0.05) is 65.9 Å². The Morgan fingerprint density at radius 2 is 1.50 bits per heavy atom. The lowest BCUT2D eigenvalue weighted by Crippen LogP contribution is -2.38. The molecule has 2 amide bonds. The van der Waals surface area contributed by atoms with Gasteiger partial charge in [-0.25, -0.2) is 0 Å². The molecule has 14 heteroatoms. The molecule has 0 spiro atoms. The summed E-state index contributed by atoms with van der Waals surface area (Å²) in [6, 6.07) is 19.9. The number of nitrogens with one attached hydrogen (secondary N) is 3. The number of alkyl halides is 3. The minimum Gasteiger partial charge on any atom is -0.382 e. The largest absolute Gasteiger partial charge is 0.415 e. The first-order chi connectivity index (χ1) is 21.1. The zero-order chi connectivity index (χ0) is 31.4. The zero-order valence-electron chi connectivity index (χ0n) is 23.7. The van der Waals surface area contributed by atoms with Gasteiger partial charge in [-0.05, 0) is 48.1 Å². The quantitative estimate of drug-likeness (QED) is 0.143. The fourth-order valence-electron chi connectivity index (χ4n) is 4.18. The van der Waals surface area contributed by atoms with E-state index in [1.165, 1.54) is 11.3 Å². The Labute approximate surface area is 256 Å². The van der Waals surface area contributed by atoms with Crippen LogP contribution in [0.25, 0.3) is 0 Å². The summed E-state index contributed by atoms with van der Waals surface area (Å²) in [6.45, 7) is -0.501. The Hall–Kier alpha value is -4.27. The molecule has 0 aliphatic heterocycles. The van der Waals surface area contributed by atoms with Crippen molar-refractivity contribution < 1.29 is 27.9 Å². The van der Waals surface area contributed by atoms with Gasteiger partial charge in [0.25, 0.3) is 0 Å². The molecule has 4 N–H and O–H groups in total. The van der Waals surface area contributed by atoms with Crippen LogP contribution in [0.3, 0.4) is 0 Å². The molecule has 44 heavy (non-hydrogen) atoms. The molecule has 4 rings (SSSR count). The van der Waals surface area contributed by atoms with Gasteiger partial charge in [0, 0.05) is 19.5 Å². The average Bonchev–Trinajstić information content (AvgIpc) is 3.43. The van der Waals surface area contributed by atoms with Crippen molar-refractivity contribution in [1.29, 1.82) is 0 Å². The van der Waals surface area contributed by atoms with E-state index in [1.807, 2.05) is 36.4 Å². The summed E-state index contributed by atoms with van der Waals surface area (Å²) in [5.41, 5.74) is 3.11. The second kappa shape index (κ2) is 16.0. The molecule has 0 bridgehead atoms. The van der Waals surface area contributed by atoms with Gasteiger partial charge in [0.05, 0.1) is 18.5 Å². The highest BCUT2D eigenvalue weighted by Crippen LogP contribution is 2.20. The molecule has 4 aromatic rings. The topological polar surface area (TPSA) is 142 Å². The maximum Gasteiger partial charge on any atom is 0.415 e. The number of hydrogen-bond donors (Lipinski definition) is 4. The lowest BCUT2D eigenvalue weighted by atomic mass is 10.1. The number of hydrogen-bond acceptors (Lipinski definition) is 9. The van der Waals surface area contributed by atoms with E-state index in [0.29, 0.717) is 34.9 Å². The van der Waals surface area contributed by atoms with Crippen LogP contribution in [0, 0.1) is 0 Å². The maximum atomic E-state index is 12.5. The molecule has 232 valence electrons. The number of aliphatic hydroxyl groups is 1. The van der Waals surface area contributed by atoms with Gasteiger partial charge in [0.2, 0.25) is 16.9 Å². The highest BCUT2D eigenvalue weighted by atomic mass is 32.1. The summed E-state index contributed by atoms with van der Waals surface area (Å²) in [5, 5.41) is 34.8. The highest BCUT2D eigenvalue weighted by molar-refractivity contribution is 7.15. The number of carbonyl (C=O) groups is 2. The molecule has 2 aromatic heterocycles. The van der Waals surface area contributed by atoms with E-state index < -0.39 is 18.8 Å². The number of rotatable bonds is 15.